The number of carbonyl (C=O) groups is 1. The summed E-state index contributed by atoms with van der Waals surface area (Å²) in [6, 6.07) is 7.03. The maximum atomic E-state index is 12.2. The van der Waals surface area contributed by atoms with Crippen LogP contribution in [0.15, 0.2) is 24.3 Å². The Bertz CT molecular complexity index is 698. The van der Waals surface area contributed by atoms with Crippen molar-refractivity contribution in [2.75, 3.05) is 5.32 Å². The smallest absolute Gasteiger partial charge is 0.241 e. The highest BCUT2D eigenvalue weighted by Crippen LogP contribution is 2.38. The highest BCUT2D eigenvalue weighted by Gasteiger charge is 2.27. The molecule has 0 radical (unpaired) electrons. The molecule has 3 rings (SSSR count). The minimum Gasteiger partial charge on any atom is -0.325 e. The molecule has 24 heavy (non-hydrogen) atoms. The van der Waals surface area contributed by atoms with Gasteiger partial charge in [-0.25, -0.2) is 4.98 Å². The van der Waals surface area contributed by atoms with E-state index in [4.69, 9.17) is 5.73 Å². The van der Waals surface area contributed by atoms with Crippen molar-refractivity contribution < 1.29 is 4.79 Å². The normalized spacial score (nSPS) is 16.1. The van der Waals surface area contributed by atoms with Gasteiger partial charge in [0.2, 0.25) is 5.91 Å². The van der Waals surface area contributed by atoms with Gasteiger partial charge in [-0.05, 0) is 30.9 Å². The predicted molar refractivity (Wildman–Crippen MR) is 97.1 cm³/mol. The molecule has 130 valence electrons. The van der Waals surface area contributed by atoms with Crippen molar-refractivity contribution in [3.8, 4) is 11.4 Å². The summed E-state index contributed by atoms with van der Waals surface area (Å²) in [6.07, 6.45) is 3.23. The zero-order chi connectivity index (χ0) is 16.4. The summed E-state index contributed by atoms with van der Waals surface area (Å²) in [6.45, 7) is 4.01. The summed E-state index contributed by atoms with van der Waals surface area (Å²) in [5.74, 6) is 2.13. The van der Waals surface area contributed by atoms with Gasteiger partial charge in [0.05, 0.1) is 6.04 Å². The van der Waals surface area contributed by atoms with Crippen LogP contribution in [0.4, 0.5) is 5.69 Å². The van der Waals surface area contributed by atoms with E-state index in [9.17, 15) is 4.79 Å². The molecule has 4 N–H and O–H groups in total. The molecule has 0 aliphatic heterocycles. The fraction of sp³-hybridized carbons (Fsp3) is 0.471. The van der Waals surface area contributed by atoms with E-state index >= 15 is 0 Å². The number of H-pyrrole nitrogens is 1. The molecule has 0 bridgehead atoms. The van der Waals surface area contributed by atoms with E-state index < -0.39 is 6.04 Å². The monoisotopic (exact) mass is 349 g/mol. The summed E-state index contributed by atoms with van der Waals surface area (Å²) in [5, 5.41) is 10.1. The van der Waals surface area contributed by atoms with Gasteiger partial charge in [-0.1, -0.05) is 32.4 Å². The molecule has 1 amide bonds. The Morgan fingerprint density at radius 3 is 2.88 bits per heavy atom. The van der Waals surface area contributed by atoms with E-state index in [1.165, 1.54) is 12.8 Å². The number of hydrogen-bond acceptors (Lipinski definition) is 4. The summed E-state index contributed by atoms with van der Waals surface area (Å²) in [5.41, 5.74) is 7.56. The van der Waals surface area contributed by atoms with Crippen LogP contribution in [-0.2, 0) is 4.79 Å². The Balaban J connectivity index is 0.00000208. The molecule has 2 aromatic rings. The molecule has 1 fully saturated rings. The molecule has 0 spiro atoms. The van der Waals surface area contributed by atoms with E-state index in [0.29, 0.717) is 17.4 Å². The van der Waals surface area contributed by atoms with Gasteiger partial charge < -0.3 is 11.1 Å². The first-order valence-electron chi connectivity index (χ1n) is 8.17. The van der Waals surface area contributed by atoms with Crippen molar-refractivity contribution in [2.24, 2.45) is 11.7 Å². The van der Waals surface area contributed by atoms with Crippen LogP contribution in [0.2, 0.25) is 0 Å². The molecule has 1 heterocycles. The summed E-state index contributed by atoms with van der Waals surface area (Å²) in [4.78, 5) is 16.7. The van der Waals surface area contributed by atoms with Gasteiger partial charge in [-0.2, -0.15) is 5.10 Å². The van der Waals surface area contributed by atoms with Gasteiger partial charge in [-0.3, -0.25) is 9.89 Å². The molecular formula is C17H24ClN5O. The SMILES string of the molecule is CCC(C)C(N)C(=O)Nc1cccc(-c2n[nH]c(C3CC3)n2)c1.Cl. The quantitative estimate of drug-likeness (QED) is 0.746. The number of aromatic amines is 1. The molecule has 1 aromatic heterocycles. The van der Waals surface area contributed by atoms with Crippen LogP contribution < -0.4 is 11.1 Å². The fourth-order valence-electron chi connectivity index (χ4n) is 2.42. The maximum absolute atomic E-state index is 12.2. The van der Waals surface area contributed by atoms with E-state index in [2.05, 4.69) is 20.5 Å². The van der Waals surface area contributed by atoms with E-state index in [1.807, 2.05) is 38.1 Å². The van der Waals surface area contributed by atoms with Crippen LogP contribution in [0.1, 0.15) is 44.9 Å². The van der Waals surface area contributed by atoms with Crippen molar-refractivity contribution in [3.05, 3.63) is 30.1 Å². The zero-order valence-corrected chi connectivity index (χ0v) is 14.8. The van der Waals surface area contributed by atoms with Gasteiger partial charge in [0, 0.05) is 17.2 Å². The molecule has 1 saturated carbocycles. The fourth-order valence-corrected chi connectivity index (χ4v) is 2.42. The third-order valence-corrected chi connectivity index (χ3v) is 4.41. The molecular weight excluding hydrogens is 326 g/mol. The average Bonchev–Trinajstić information content (AvgIpc) is 3.30. The Morgan fingerprint density at radius 1 is 1.46 bits per heavy atom. The minimum atomic E-state index is -0.506. The first-order valence-corrected chi connectivity index (χ1v) is 8.17. The standard InChI is InChI=1S/C17H23N5O.ClH/c1-3-10(2)14(18)17(23)19-13-6-4-5-12(9-13)16-20-15(21-22-16)11-7-8-11;/h4-6,9-11,14H,3,7-8,18H2,1-2H3,(H,19,23)(H,20,21,22);1H. The molecule has 1 aliphatic rings. The lowest BCUT2D eigenvalue weighted by Crippen LogP contribution is -2.40. The summed E-state index contributed by atoms with van der Waals surface area (Å²) in [7, 11) is 0. The van der Waals surface area contributed by atoms with Gasteiger partial charge in [-0.15, -0.1) is 12.4 Å². The topological polar surface area (TPSA) is 96.7 Å². The van der Waals surface area contributed by atoms with Crippen molar-refractivity contribution in [3.63, 3.8) is 0 Å². The van der Waals surface area contributed by atoms with E-state index in [1.54, 1.807) is 0 Å². The number of nitrogens with two attached hydrogens (primary N) is 1. The van der Waals surface area contributed by atoms with E-state index in [-0.39, 0.29) is 24.2 Å². The van der Waals surface area contributed by atoms with Crippen LogP contribution in [0, 0.1) is 5.92 Å². The molecule has 1 aliphatic carbocycles. The van der Waals surface area contributed by atoms with Gasteiger partial charge in [0.1, 0.15) is 5.82 Å². The lowest BCUT2D eigenvalue weighted by molar-refractivity contribution is -0.118. The van der Waals surface area contributed by atoms with Crippen molar-refractivity contribution >= 4 is 24.0 Å². The van der Waals surface area contributed by atoms with Crippen LogP contribution in [0.25, 0.3) is 11.4 Å². The number of amides is 1. The summed E-state index contributed by atoms with van der Waals surface area (Å²) >= 11 is 0. The molecule has 1 aromatic carbocycles. The molecule has 2 unspecified atom stereocenters. The number of hydrogen-bond donors (Lipinski definition) is 3. The van der Waals surface area contributed by atoms with Crippen molar-refractivity contribution in [1.82, 2.24) is 15.2 Å². The Kier molecular flexibility index (Phi) is 5.96. The van der Waals surface area contributed by atoms with Crippen LogP contribution in [-0.4, -0.2) is 27.1 Å². The summed E-state index contributed by atoms with van der Waals surface area (Å²) < 4.78 is 0. The number of rotatable bonds is 6. The number of anilines is 1. The zero-order valence-electron chi connectivity index (χ0n) is 14.0. The van der Waals surface area contributed by atoms with Crippen LogP contribution in [0.3, 0.4) is 0 Å². The Hall–Kier alpha value is -1.92. The lowest BCUT2D eigenvalue weighted by atomic mass is 9.99. The number of nitrogens with zero attached hydrogens (tertiary/aromatic N) is 2. The van der Waals surface area contributed by atoms with Gasteiger partial charge in [0.25, 0.3) is 0 Å². The number of benzene rings is 1. The highest BCUT2D eigenvalue weighted by atomic mass is 35.5. The second-order valence-electron chi connectivity index (χ2n) is 6.30. The second kappa shape index (κ2) is 7.77. The number of carbonyl (C=O) groups excluding carboxylic acids is 1. The van der Waals surface area contributed by atoms with Crippen LogP contribution in [0.5, 0.6) is 0 Å². The minimum absolute atomic E-state index is 0. The molecule has 7 heteroatoms. The second-order valence-corrected chi connectivity index (χ2v) is 6.30. The molecule has 6 nitrogen and oxygen atoms in total. The van der Waals surface area contributed by atoms with Crippen LogP contribution >= 0.6 is 12.4 Å². The first-order chi connectivity index (χ1) is 11.1. The number of nitrogens with one attached hydrogen (secondary N) is 2. The van der Waals surface area contributed by atoms with E-state index in [0.717, 1.165) is 17.8 Å². The Morgan fingerprint density at radius 2 is 2.21 bits per heavy atom. The average molecular weight is 350 g/mol. The van der Waals surface area contributed by atoms with Gasteiger partial charge in [0.15, 0.2) is 5.82 Å². The maximum Gasteiger partial charge on any atom is 0.241 e. The van der Waals surface area contributed by atoms with Gasteiger partial charge >= 0.3 is 0 Å². The third kappa shape index (κ3) is 4.13. The lowest BCUT2D eigenvalue weighted by Gasteiger charge is -2.17. The molecule has 0 saturated heterocycles. The highest BCUT2D eigenvalue weighted by molar-refractivity contribution is 5.95. The Labute approximate surface area is 148 Å². The largest absolute Gasteiger partial charge is 0.325 e. The third-order valence-electron chi connectivity index (χ3n) is 4.41. The number of halogens is 1. The molecule has 2 atom stereocenters. The predicted octanol–water partition coefficient (Wildman–Crippen LogP) is 3.08. The van der Waals surface area contributed by atoms with Crippen molar-refractivity contribution in [2.45, 2.75) is 45.1 Å². The first kappa shape index (κ1) is 18.4. The number of aromatic nitrogens is 3. The van der Waals surface area contributed by atoms with Crippen molar-refractivity contribution in [1.29, 1.82) is 0 Å².